The molecular formula is C15H18O3. The summed E-state index contributed by atoms with van der Waals surface area (Å²) in [6.45, 7) is 0.287. The molecule has 0 bridgehead atoms. The van der Waals surface area contributed by atoms with E-state index in [0.29, 0.717) is 12.2 Å². The Kier molecular flexibility index (Phi) is 3.22. The maximum Gasteiger partial charge on any atom is 0.231 e. The van der Waals surface area contributed by atoms with E-state index in [-0.39, 0.29) is 12.7 Å². The van der Waals surface area contributed by atoms with Gasteiger partial charge in [-0.25, -0.2) is 0 Å². The topological polar surface area (TPSA) is 35.5 Å². The molecule has 1 saturated carbocycles. The Morgan fingerprint density at radius 3 is 2.72 bits per heavy atom. The summed E-state index contributed by atoms with van der Waals surface area (Å²) in [6.07, 6.45) is 6.37. The largest absolute Gasteiger partial charge is 0.454 e. The minimum atomic E-state index is 0.282. The second-order valence-electron chi connectivity index (χ2n) is 5.17. The summed E-state index contributed by atoms with van der Waals surface area (Å²) in [4.78, 5) is 12.2. The van der Waals surface area contributed by atoms with Crippen LogP contribution in [0.2, 0.25) is 0 Å². The van der Waals surface area contributed by atoms with E-state index in [2.05, 4.69) is 0 Å². The highest BCUT2D eigenvalue weighted by molar-refractivity contribution is 5.83. The minimum absolute atomic E-state index is 0.282. The molecule has 0 N–H and O–H groups in total. The summed E-state index contributed by atoms with van der Waals surface area (Å²) >= 11 is 0. The summed E-state index contributed by atoms with van der Waals surface area (Å²) in [7, 11) is 0. The minimum Gasteiger partial charge on any atom is -0.454 e. The highest BCUT2D eigenvalue weighted by Crippen LogP contribution is 2.33. The van der Waals surface area contributed by atoms with Crippen LogP contribution in [0, 0.1) is 5.92 Å². The summed E-state index contributed by atoms with van der Waals surface area (Å²) in [6, 6.07) is 5.79. The molecule has 0 amide bonds. The Morgan fingerprint density at radius 2 is 1.89 bits per heavy atom. The van der Waals surface area contributed by atoms with E-state index < -0.39 is 0 Å². The van der Waals surface area contributed by atoms with E-state index >= 15 is 0 Å². The third-order valence-corrected chi connectivity index (χ3v) is 3.88. The van der Waals surface area contributed by atoms with Gasteiger partial charge in [-0.1, -0.05) is 25.3 Å². The fourth-order valence-corrected chi connectivity index (χ4v) is 2.82. The third-order valence-electron chi connectivity index (χ3n) is 3.88. The van der Waals surface area contributed by atoms with Crippen LogP contribution in [0.15, 0.2) is 18.2 Å². The first kappa shape index (κ1) is 11.6. The highest BCUT2D eigenvalue weighted by atomic mass is 16.7. The molecule has 1 aromatic carbocycles. The van der Waals surface area contributed by atoms with E-state index in [1.807, 2.05) is 18.2 Å². The first-order chi connectivity index (χ1) is 8.83. The molecule has 1 fully saturated rings. The van der Waals surface area contributed by atoms with Gasteiger partial charge in [-0.3, -0.25) is 4.79 Å². The first-order valence-corrected chi connectivity index (χ1v) is 6.74. The van der Waals surface area contributed by atoms with Gasteiger partial charge in [0.15, 0.2) is 11.5 Å². The fraction of sp³-hybridized carbons (Fsp3) is 0.533. The molecule has 1 aliphatic carbocycles. The molecule has 0 saturated heterocycles. The van der Waals surface area contributed by atoms with Crippen molar-refractivity contribution in [3.63, 3.8) is 0 Å². The number of Topliss-reactive ketones (excluding diaryl/α,β-unsaturated/α-hetero) is 1. The number of hydrogen-bond donors (Lipinski definition) is 0. The van der Waals surface area contributed by atoms with E-state index in [9.17, 15) is 4.79 Å². The molecule has 3 rings (SSSR count). The Balaban J connectivity index is 1.66. The number of hydrogen-bond acceptors (Lipinski definition) is 3. The van der Waals surface area contributed by atoms with Gasteiger partial charge >= 0.3 is 0 Å². The molecule has 3 nitrogen and oxygen atoms in total. The van der Waals surface area contributed by atoms with Gasteiger partial charge < -0.3 is 9.47 Å². The lowest BCUT2D eigenvalue weighted by Gasteiger charge is -2.20. The maximum absolute atomic E-state index is 12.2. The summed E-state index contributed by atoms with van der Waals surface area (Å²) in [5.74, 6) is 2.21. The van der Waals surface area contributed by atoms with Crippen LogP contribution >= 0.6 is 0 Å². The molecule has 0 atom stereocenters. The van der Waals surface area contributed by atoms with Gasteiger partial charge in [0.2, 0.25) is 6.79 Å². The second-order valence-corrected chi connectivity index (χ2v) is 5.17. The Bertz CT molecular complexity index is 447. The predicted octanol–water partition coefficient (Wildman–Crippen LogP) is 3.11. The Morgan fingerprint density at radius 1 is 1.11 bits per heavy atom. The Labute approximate surface area is 107 Å². The predicted molar refractivity (Wildman–Crippen MR) is 67.9 cm³/mol. The van der Waals surface area contributed by atoms with Crippen molar-refractivity contribution in [1.82, 2.24) is 0 Å². The lowest BCUT2D eigenvalue weighted by atomic mass is 9.84. The van der Waals surface area contributed by atoms with Crippen molar-refractivity contribution in [1.29, 1.82) is 0 Å². The second kappa shape index (κ2) is 5.01. The zero-order valence-corrected chi connectivity index (χ0v) is 10.5. The van der Waals surface area contributed by atoms with E-state index in [0.717, 1.165) is 29.9 Å². The van der Waals surface area contributed by atoms with Crippen LogP contribution in [0.4, 0.5) is 0 Å². The number of carbonyl (C=O) groups is 1. The quantitative estimate of drug-likeness (QED) is 0.822. The highest BCUT2D eigenvalue weighted by Gasteiger charge is 2.22. The summed E-state index contributed by atoms with van der Waals surface area (Å²) in [5, 5.41) is 0. The normalized spacial score (nSPS) is 18.9. The van der Waals surface area contributed by atoms with E-state index in [4.69, 9.17) is 9.47 Å². The smallest absolute Gasteiger partial charge is 0.231 e. The zero-order chi connectivity index (χ0) is 12.4. The van der Waals surface area contributed by atoms with Crippen molar-refractivity contribution < 1.29 is 14.3 Å². The van der Waals surface area contributed by atoms with Gasteiger partial charge in [-0.15, -0.1) is 0 Å². The molecule has 1 aliphatic heterocycles. The van der Waals surface area contributed by atoms with Crippen molar-refractivity contribution in [3.8, 4) is 11.5 Å². The lowest BCUT2D eigenvalue weighted by Crippen LogP contribution is -2.19. The number of rotatable bonds is 3. The Hall–Kier alpha value is -1.51. The lowest BCUT2D eigenvalue weighted by molar-refractivity contribution is -0.123. The van der Waals surface area contributed by atoms with Crippen LogP contribution in [-0.4, -0.2) is 12.6 Å². The van der Waals surface area contributed by atoms with Gasteiger partial charge in [0.05, 0.1) is 0 Å². The number of ether oxygens (including phenoxy) is 2. The van der Waals surface area contributed by atoms with Crippen LogP contribution in [-0.2, 0) is 11.2 Å². The van der Waals surface area contributed by atoms with Gasteiger partial charge in [0.1, 0.15) is 5.78 Å². The van der Waals surface area contributed by atoms with Crippen LogP contribution in [0.25, 0.3) is 0 Å². The number of benzene rings is 1. The van der Waals surface area contributed by atoms with Gasteiger partial charge in [-0.05, 0) is 30.5 Å². The standard InChI is InChI=1S/C15H18O3/c16-13(12-4-2-1-3-5-12)8-11-6-7-14-15(9-11)18-10-17-14/h6-7,9,12H,1-5,8,10H2. The van der Waals surface area contributed by atoms with Crippen molar-refractivity contribution in [3.05, 3.63) is 23.8 Å². The molecule has 1 heterocycles. The average molecular weight is 246 g/mol. The fourth-order valence-electron chi connectivity index (χ4n) is 2.82. The third kappa shape index (κ3) is 2.35. The number of fused-ring (bicyclic) bond motifs is 1. The molecule has 0 radical (unpaired) electrons. The van der Waals surface area contributed by atoms with Crippen molar-refractivity contribution in [2.24, 2.45) is 5.92 Å². The van der Waals surface area contributed by atoms with Gasteiger partial charge in [0.25, 0.3) is 0 Å². The SMILES string of the molecule is O=C(Cc1ccc2c(c1)OCO2)C1CCCCC1. The monoisotopic (exact) mass is 246 g/mol. The molecule has 1 aromatic rings. The van der Waals surface area contributed by atoms with Crippen LogP contribution < -0.4 is 9.47 Å². The molecule has 3 heteroatoms. The van der Waals surface area contributed by atoms with Gasteiger partial charge in [-0.2, -0.15) is 0 Å². The van der Waals surface area contributed by atoms with E-state index in [1.54, 1.807) is 0 Å². The van der Waals surface area contributed by atoms with E-state index in [1.165, 1.54) is 19.3 Å². The maximum atomic E-state index is 12.2. The summed E-state index contributed by atoms with van der Waals surface area (Å²) < 4.78 is 10.6. The van der Waals surface area contributed by atoms with Crippen molar-refractivity contribution in [2.45, 2.75) is 38.5 Å². The van der Waals surface area contributed by atoms with Crippen LogP contribution in [0.1, 0.15) is 37.7 Å². The first-order valence-electron chi connectivity index (χ1n) is 6.74. The summed E-state index contributed by atoms with van der Waals surface area (Å²) in [5.41, 5.74) is 1.04. The van der Waals surface area contributed by atoms with Crippen molar-refractivity contribution in [2.75, 3.05) is 6.79 Å². The number of carbonyl (C=O) groups excluding carboxylic acids is 1. The molecule has 0 aromatic heterocycles. The van der Waals surface area contributed by atoms with Crippen molar-refractivity contribution >= 4 is 5.78 Å². The average Bonchev–Trinajstić information content (AvgIpc) is 2.87. The number of ketones is 1. The van der Waals surface area contributed by atoms with Gasteiger partial charge in [0, 0.05) is 12.3 Å². The molecule has 0 spiro atoms. The molecule has 18 heavy (non-hydrogen) atoms. The molecular weight excluding hydrogens is 228 g/mol. The molecule has 0 unspecified atom stereocenters. The zero-order valence-electron chi connectivity index (χ0n) is 10.5. The molecule has 2 aliphatic rings. The molecule has 96 valence electrons. The van der Waals surface area contributed by atoms with Crippen LogP contribution in [0.5, 0.6) is 11.5 Å². The van der Waals surface area contributed by atoms with Crippen LogP contribution in [0.3, 0.4) is 0 Å².